The van der Waals surface area contributed by atoms with E-state index >= 15 is 0 Å². The summed E-state index contributed by atoms with van der Waals surface area (Å²) in [5.41, 5.74) is 0.507. The number of para-hydroxylation sites is 1. The van der Waals surface area contributed by atoms with Gasteiger partial charge in [0.1, 0.15) is 0 Å². The third-order valence-corrected chi connectivity index (χ3v) is 1.36. The normalized spacial score (nSPS) is 10.7. The number of hydrogen-bond donors (Lipinski definition) is 1. The van der Waals surface area contributed by atoms with Crippen LogP contribution in [0.25, 0.3) is 6.08 Å². The fourth-order valence-electron chi connectivity index (χ4n) is 0.846. The van der Waals surface area contributed by atoms with Crippen LogP contribution in [-0.2, 0) is 0 Å². The molecule has 1 N–H and O–H groups in total. The molecule has 1 aromatic carbocycles. The first-order chi connectivity index (χ1) is 5.25. The first-order valence-electron chi connectivity index (χ1n) is 3.36. The van der Waals surface area contributed by atoms with Gasteiger partial charge in [-0.2, -0.15) is 0 Å². The van der Waals surface area contributed by atoms with Gasteiger partial charge < -0.3 is 5.11 Å². The summed E-state index contributed by atoms with van der Waals surface area (Å²) in [5.74, 6) is -0.869. The molecule has 2 heteroatoms. The zero-order valence-corrected chi connectivity index (χ0v) is 6.21. The molecule has 0 heterocycles. The van der Waals surface area contributed by atoms with E-state index in [-0.39, 0.29) is 5.75 Å². The number of aromatic hydroxyl groups is 1. The van der Waals surface area contributed by atoms with Crippen LogP contribution in [-0.4, -0.2) is 5.11 Å². The molecule has 0 fully saturated rings. The number of benzene rings is 1. The first kappa shape index (κ1) is 7.79. The lowest BCUT2D eigenvalue weighted by Gasteiger charge is -1.97. The van der Waals surface area contributed by atoms with E-state index in [0.29, 0.717) is 5.56 Å². The molecule has 0 unspecified atom stereocenters. The van der Waals surface area contributed by atoms with Crippen molar-refractivity contribution in [2.75, 3.05) is 0 Å². The molecule has 0 amide bonds. The number of phenols is 1. The Morgan fingerprint density at radius 3 is 2.82 bits per heavy atom. The quantitative estimate of drug-likeness (QED) is 0.655. The van der Waals surface area contributed by atoms with Crippen LogP contribution in [0.3, 0.4) is 0 Å². The molecule has 1 nitrogen and oxygen atoms in total. The van der Waals surface area contributed by atoms with E-state index in [1.54, 1.807) is 24.3 Å². The van der Waals surface area contributed by atoms with Crippen LogP contribution < -0.4 is 0 Å². The Hall–Kier alpha value is -1.31. The van der Waals surface area contributed by atoms with E-state index in [9.17, 15) is 4.39 Å². The maximum atomic E-state index is 12.6. The Bertz CT molecular complexity index is 279. The van der Waals surface area contributed by atoms with Crippen LogP contribution >= 0.6 is 0 Å². The Morgan fingerprint density at radius 2 is 2.18 bits per heavy atom. The minimum Gasteiger partial charge on any atom is -0.504 e. The van der Waals surface area contributed by atoms with Crippen molar-refractivity contribution in [2.45, 2.75) is 6.92 Å². The molecule has 0 aliphatic rings. The Kier molecular flexibility index (Phi) is 2.26. The number of allylic oxidation sites excluding steroid dienone is 1. The van der Waals surface area contributed by atoms with Crippen LogP contribution in [0.2, 0.25) is 0 Å². The number of halogens is 1. The van der Waals surface area contributed by atoms with Crippen molar-refractivity contribution in [1.29, 1.82) is 0 Å². The molecule has 0 radical (unpaired) electrons. The lowest BCUT2D eigenvalue weighted by Crippen LogP contribution is -1.78. The molecule has 0 saturated heterocycles. The third-order valence-electron chi connectivity index (χ3n) is 1.36. The molecular weight excluding hydrogens is 143 g/mol. The van der Waals surface area contributed by atoms with E-state index in [1.165, 1.54) is 6.07 Å². The van der Waals surface area contributed by atoms with E-state index < -0.39 is 5.82 Å². The van der Waals surface area contributed by atoms with Crippen LogP contribution in [0.5, 0.6) is 5.75 Å². The van der Waals surface area contributed by atoms with E-state index in [0.717, 1.165) is 0 Å². The molecule has 58 valence electrons. The van der Waals surface area contributed by atoms with E-state index in [2.05, 4.69) is 0 Å². The summed E-state index contributed by atoms with van der Waals surface area (Å²) in [6, 6.07) is 4.44. The van der Waals surface area contributed by atoms with Gasteiger partial charge in [-0.15, -0.1) is 0 Å². The van der Waals surface area contributed by atoms with Gasteiger partial charge in [-0.25, -0.2) is 4.39 Å². The fraction of sp³-hybridized carbons (Fsp3) is 0.111. The average Bonchev–Trinajstić information content (AvgIpc) is 1.99. The van der Waals surface area contributed by atoms with Gasteiger partial charge in [0.15, 0.2) is 11.6 Å². The van der Waals surface area contributed by atoms with E-state index in [1.807, 2.05) is 6.92 Å². The Labute approximate surface area is 64.8 Å². The third kappa shape index (κ3) is 1.58. The van der Waals surface area contributed by atoms with Crippen molar-refractivity contribution in [3.8, 4) is 5.75 Å². The van der Waals surface area contributed by atoms with Gasteiger partial charge in [0.05, 0.1) is 0 Å². The van der Waals surface area contributed by atoms with Crippen molar-refractivity contribution in [1.82, 2.24) is 0 Å². The fourth-order valence-corrected chi connectivity index (χ4v) is 0.846. The topological polar surface area (TPSA) is 20.2 Å². The van der Waals surface area contributed by atoms with Crippen molar-refractivity contribution in [3.05, 3.63) is 35.7 Å². The van der Waals surface area contributed by atoms with Gasteiger partial charge >= 0.3 is 0 Å². The van der Waals surface area contributed by atoms with Crippen molar-refractivity contribution in [3.63, 3.8) is 0 Å². The number of hydrogen-bond acceptors (Lipinski definition) is 1. The van der Waals surface area contributed by atoms with Crippen LogP contribution in [0.4, 0.5) is 4.39 Å². The largest absolute Gasteiger partial charge is 0.504 e. The molecule has 0 bridgehead atoms. The summed E-state index contributed by atoms with van der Waals surface area (Å²) in [4.78, 5) is 0. The second kappa shape index (κ2) is 3.19. The van der Waals surface area contributed by atoms with Gasteiger partial charge in [-0.3, -0.25) is 0 Å². The Morgan fingerprint density at radius 1 is 1.45 bits per heavy atom. The highest BCUT2D eigenvalue weighted by Crippen LogP contribution is 2.21. The van der Waals surface area contributed by atoms with Crippen molar-refractivity contribution in [2.24, 2.45) is 0 Å². The summed E-state index contributed by atoms with van der Waals surface area (Å²) < 4.78 is 12.6. The molecule has 0 aliphatic heterocycles. The average molecular weight is 152 g/mol. The minimum atomic E-state index is -0.583. The zero-order valence-electron chi connectivity index (χ0n) is 6.21. The maximum Gasteiger partial charge on any atom is 0.165 e. The van der Waals surface area contributed by atoms with Gasteiger partial charge in [0.2, 0.25) is 0 Å². The van der Waals surface area contributed by atoms with Gasteiger partial charge in [-0.1, -0.05) is 24.3 Å². The number of phenolic OH excluding ortho intramolecular Hbond substituents is 1. The van der Waals surface area contributed by atoms with Gasteiger partial charge in [-0.05, 0) is 13.0 Å². The predicted octanol–water partition coefficient (Wildman–Crippen LogP) is 2.56. The SMILES string of the molecule is C/C=C/c1cccc(F)c1O. The Balaban J connectivity index is 3.16. The lowest BCUT2D eigenvalue weighted by atomic mass is 10.2. The molecule has 1 aromatic rings. The second-order valence-corrected chi connectivity index (χ2v) is 2.18. The highest BCUT2D eigenvalue weighted by molar-refractivity contribution is 5.56. The van der Waals surface area contributed by atoms with Crippen LogP contribution in [0.15, 0.2) is 24.3 Å². The number of rotatable bonds is 1. The minimum absolute atomic E-state index is 0.286. The summed E-state index contributed by atoms with van der Waals surface area (Å²) in [6.45, 7) is 1.81. The molecule has 1 rings (SSSR count). The molecule has 0 saturated carbocycles. The van der Waals surface area contributed by atoms with Crippen molar-refractivity contribution < 1.29 is 9.50 Å². The summed E-state index contributed by atoms with van der Waals surface area (Å²) in [6.07, 6.45) is 3.40. The van der Waals surface area contributed by atoms with Crippen molar-refractivity contribution >= 4 is 6.08 Å². The van der Waals surface area contributed by atoms with Gasteiger partial charge in [0, 0.05) is 5.56 Å². The highest BCUT2D eigenvalue weighted by Gasteiger charge is 2.01. The van der Waals surface area contributed by atoms with Crippen LogP contribution in [0.1, 0.15) is 12.5 Å². The van der Waals surface area contributed by atoms with E-state index in [4.69, 9.17) is 5.11 Å². The zero-order chi connectivity index (χ0) is 8.27. The monoisotopic (exact) mass is 152 g/mol. The summed E-state index contributed by atoms with van der Waals surface area (Å²) in [5, 5.41) is 9.10. The summed E-state index contributed by atoms with van der Waals surface area (Å²) >= 11 is 0. The lowest BCUT2D eigenvalue weighted by molar-refractivity contribution is 0.431. The smallest absolute Gasteiger partial charge is 0.165 e. The van der Waals surface area contributed by atoms with Crippen LogP contribution in [0, 0.1) is 5.82 Å². The molecule has 0 aliphatic carbocycles. The molecule has 0 spiro atoms. The highest BCUT2D eigenvalue weighted by atomic mass is 19.1. The first-order valence-corrected chi connectivity index (χ1v) is 3.36. The maximum absolute atomic E-state index is 12.6. The second-order valence-electron chi connectivity index (χ2n) is 2.18. The molecular formula is C9H9FO. The molecule has 0 atom stereocenters. The summed E-state index contributed by atoms with van der Waals surface area (Å²) in [7, 11) is 0. The standard InChI is InChI=1S/C9H9FO/c1-2-4-7-5-3-6-8(10)9(7)11/h2-6,11H,1H3/b4-2+. The van der Waals surface area contributed by atoms with Gasteiger partial charge in [0.25, 0.3) is 0 Å². The molecule has 0 aromatic heterocycles. The molecule has 11 heavy (non-hydrogen) atoms. The predicted molar refractivity (Wildman–Crippen MR) is 42.8 cm³/mol.